The van der Waals surface area contributed by atoms with Crippen LogP contribution >= 0.6 is 11.6 Å². The van der Waals surface area contributed by atoms with Crippen molar-refractivity contribution in [1.82, 2.24) is 4.72 Å². The summed E-state index contributed by atoms with van der Waals surface area (Å²) in [5.74, 6) is 0. The second-order valence-corrected chi connectivity index (χ2v) is 6.73. The molecule has 1 aliphatic carbocycles. The van der Waals surface area contributed by atoms with Crippen LogP contribution < -0.4 is 10.5 Å². The Morgan fingerprint density at radius 3 is 2.79 bits per heavy atom. The van der Waals surface area contributed by atoms with Crippen LogP contribution in [0.4, 0.5) is 5.69 Å². The minimum Gasteiger partial charge on any atom is -0.398 e. The number of benzene rings is 1. The van der Waals surface area contributed by atoms with Gasteiger partial charge in [0.05, 0.1) is 11.8 Å². The second kappa shape index (κ2) is 5.66. The quantitative estimate of drug-likeness (QED) is 0.831. The van der Waals surface area contributed by atoms with Gasteiger partial charge in [0.15, 0.2) is 0 Å². The molecule has 1 fully saturated rings. The van der Waals surface area contributed by atoms with E-state index in [9.17, 15) is 8.42 Å². The van der Waals surface area contributed by atoms with Crippen molar-refractivity contribution >= 4 is 27.3 Å². The number of nitrogens with two attached hydrogens (primary N) is 1. The fourth-order valence-corrected chi connectivity index (χ4v) is 3.96. The van der Waals surface area contributed by atoms with E-state index >= 15 is 0 Å². The smallest absolute Gasteiger partial charge is 0.242 e. The van der Waals surface area contributed by atoms with Gasteiger partial charge in [-0.3, -0.25) is 0 Å². The molecule has 2 rings (SSSR count). The highest BCUT2D eigenvalue weighted by molar-refractivity contribution is 7.89. The molecule has 19 heavy (non-hydrogen) atoms. The van der Waals surface area contributed by atoms with Gasteiger partial charge in [0.2, 0.25) is 10.0 Å². The highest BCUT2D eigenvalue weighted by Crippen LogP contribution is 2.26. The number of sulfonamides is 1. The number of nitrogens with one attached hydrogen (secondary N) is 1. The van der Waals surface area contributed by atoms with E-state index < -0.39 is 10.0 Å². The minimum absolute atomic E-state index is 0.0543. The van der Waals surface area contributed by atoms with Gasteiger partial charge in [-0.2, -0.15) is 0 Å². The number of rotatable bonds is 4. The molecule has 0 aliphatic heterocycles. The summed E-state index contributed by atoms with van der Waals surface area (Å²) in [5.41, 5.74) is 5.86. The fraction of sp³-hybridized carbons (Fsp3) is 0.500. The Labute approximate surface area is 118 Å². The molecule has 0 radical (unpaired) electrons. The van der Waals surface area contributed by atoms with Crippen molar-refractivity contribution < 1.29 is 13.2 Å². The van der Waals surface area contributed by atoms with Crippen molar-refractivity contribution in [3.63, 3.8) is 0 Å². The summed E-state index contributed by atoms with van der Waals surface area (Å²) < 4.78 is 32.5. The normalized spacial score (nSPS) is 23.7. The maximum Gasteiger partial charge on any atom is 0.242 e. The molecule has 1 aromatic rings. The lowest BCUT2D eigenvalue weighted by molar-refractivity contribution is 0.0916. The number of anilines is 1. The third kappa shape index (κ3) is 3.20. The lowest BCUT2D eigenvalue weighted by Gasteiger charge is -2.20. The van der Waals surface area contributed by atoms with Gasteiger partial charge < -0.3 is 10.5 Å². The molecular weight excluding hydrogens is 288 g/mol. The van der Waals surface area contributed by atoms with E-state index in [-0.39, 0.29) is 22.7 Å². The predicted octanol–water partition coefficient (Wildman–Crippen LogP) is 1.77. The molecule has 0 aromatic heterocycles. The average molecular weight is 305 g/mol. The van der Waals surface area contributed by atoms with Gasteiger partial charge in [-0.05, 0) is 37.5 Å². The van der Waals surface area contributed by atoms with Crippen LogP contribution in [0.5, 0.6) is 0 Å². The van der Waals surface area contributed by atoms with Crippen molar-refractivity contribution in [2.75, 3.05) is 12.8 Å². The van der Waals surface area contributed by atoms with E-state index in [1.165, 1.54) is 18.2 Å². The summed E-state index contributed by atoms with van der Waals surface area (Å²) in [6.45, 7) is 0. The van der Waals surface area contributed by atoms with E-state index in [0.29, 0.717) is 5.02 Å². The lowest BCUT2D eigenvalue weighted by atomic mass is 10.2. The van der Waals surface area contributed by atoms with Gasteiger partial charge >= 0.3 is 0 Å². The lowest BCUT2D eigenvalue weighted by Crippen LogP contribution is -2.40. The molecule has 106 valence electrons. The Morgan fingerprint density at radius 1 is 1.42 bits per heavy atom. The molecule has 7 heteroatoms. The zero-order valence-electron chi connectivity index (χ0n) is 10.6. The van der Waals surface area contributed by atoms with Crippen LogP contribution in [0.1, 0.15) is 19.3 Å². The first kappa shape index (κ1) is 14.6. The van der Waals surface area contributed by atoms with Crippen LogP contribution in [-0.2, 0) is 14.8 Å². The Morgan fingerprint density at radius 2 is 2.16 bits per heavy atom. The average Bonchev–Trinajstić information content (AvgIpc) is 2.74. The molecular formula is C12H17ClN2O3S. The number of methoxy groups -OCH3 is 1. The maximum atomic E-state index is 12.3. The topological polar surface area (TPSA) is 81.4 Å². The Balaban J connectivity index is 2.23. The SMILES string of the molecule is COC1CCCC1NS(=O)(=O)c1ccc(Cl)cc1N. The number of nitrogen functional groups attached to an aromatic ring is 1. The van der Waals surface area contributed by atoms with Gasteiger partial charge in [0, 0.05) is 18.2 Å². The highest BCUT2D eigenvalue weighted by Gasteiger charge is 2.31. The van der Waals surface area contributed by atoms with Gasteiger partial charge in [-0.1, -0.05) is 11.6 Å². The summed E-state index contributed by atoms with van der Waals surface area (Å²) in [4.78, 5) is 0.0543. The highest BCUT2D eigenvalue weighted by atomic mass is 35.5. The molecule has 0 amide bonds. The van der Waals surface area contributed by atoms with Crippen LogP contribution in [0.3, 0.4) is 0 Å². The van der Waals surface area contributed by atoms with Crippen molar-refractivity contribution in [3.8, 4) is 0 Å². The summed E-state index contributed by atoms with van der Waals surface area (Å²) in [7, 11) is -2.06. The summed E-state index contributed by atoms with van der Waals surface area (Å²) in [6.07, 6.45) is 2.50. The second-order valence-electron chi connectivity index (χ2n) is 4.61. The van der Waals surface area contributed by atoms with E-state index in [4.69, 9.17) is 22.1 Å². The molecule has 1 aliphatic rings. The largest absolute Gasteiger partial charge is 0.398 e. The van der Waals surface area contributed by atoms with E-state index in [1.54, 1.807) is 7.11 Å². The third-order valence-electron chi connectivity index (χ3n) is 3.32. The van der Waals surface area contributed by atoms with E-state index in [1.807, 2.05) is 0 Å². The first-order valence-electron chi connectivity index (χ1n) is 6.04. The molecule has 2 unspecified atom stereocenters. The number of halogens is 1. The molecule has 0 spiro atoms. The Bertz CT molecular complexity index is 562. The minimum atomic E-state index is -3.65. The molecule has 5 nitrogen and oxygen atoms in total. The van der Waals surface area contributed by atoms with Gasteiger partial charge in [0.25, 0.3) is 0 Å². The molecule has 0 bridgehead atoms. The number of hydrogen-bond donors (Lipinski definition) is 2. The molecule has 3 N–H and O–H groups in total. The van der Waals surface area contributed by atoms with Gasteiger partial charge in [-0.15, -0.1) is 0 Å². The van der Waals surface area contributed by atoms with Crippen molar-refractivity contribution in [2.24, 2.45) is 0 Å². The standard InChI is InChI=1S/C12H17ClN2O3S/c1-18-11-4-2-3-10(11)15-19(16,17)12-6-5-8(13)7-9(12)14/h5-7,10-11,15H,2-4,14H2,1H3. The number of hydrogen-bond acceptors (Lipinski definition) is 4. The van der Waals surface area contributed by atoms with E-state index in [2.05, 4.69) is 4.72 Å². The van der Waals surface area contributed by atoms with Crippen LogP contribution in [0, 0.1) is 0 Å². The van der Waals surface area contributed by atoms with Crippen molar-refractivity contribution in [1.29, 1.82) is 0 Å². The Hall–Kier alpha value is -0.820. The summed E-state index contributed by atoms with van der Waals surface area (Å²) >= 11 is 5.77. The Kier molecular flexibility index (Phi) is 4.35. The molecule has 0 saturated heterocycles. The summed E-state index contributed by atoms with van der Waals surface area (Å²) in [6, 6.07) is 4.15. The fourth-order valence-electron chi connectivity index (χ4n) is 2.37. The molecule has 0 heterocycles. The van der Waals surface area contributed by atoms with Crippen LogP contribution in [0.15, 0.2) is 23.1 Å². The number of ether oxygens (including phenoxy) is 1. The van der Waals surface area contributed by atoms with Gasteiger partial charge in [-0.25, -0.2) is 13.1 Å². The van der Waals surface area contributed by atoms with Crippen molar-refractivity contribution in [2.45, 2.75) is 36.3 Å². The monoisotopic (exact) mass is 304 g/mol. The van der Waals surface area contributed by atoms with Gasteiger partial charge in [0.1, 0.15) is 4.90 Å². The molecule has 2 atom stereocenters. The van der Waals surface area contributed by atoms with Crippen molar-refractivity contribution in [3.05, 3.63) is 23.2 Å². The summed E-state index contributed by atoms with van der Waals surface area (Å²) in [5, 5.41) is 0.409. The predicted molar refractivity (Wildman–Crippen MR) is 74.6 cm³/mol. The zero-order chi connectivity index (χ0) is 14.0. The van der Waals surface area contributed by atoms with Crippen LogP contribution in [-0.4, -0.2) is 27.7 Å². The molecule has 1 saturated carbocycles. The van der Waals surface area contributed by atoms with Crippen LogP contribution in [0.25, 0.3) is 0 Å². The maximum absolute atomic E-state index is 12.3. The first-order chi connectivity index (χ1) is 8.94. The van der Waals surface area contributed by atoms with E-state index in [0.717, 1.165) is 19.3 Å². The molecule has 1 aromatic carbocycles. The van der Waals surface area contributed by atoms with Crippen LogP contribution in [0.2, 0.25) is 5.02 Å². The first-order valence-corrected chi connectivity index (χ1v) is 7.90. The third-order valence-corrected chi connectivity index (χ3v) is 5.12. The zero-order valence-corrected chi connectivity index (χ0v) is 12.2.